The van der Waals surface area contributed by atoms with Crippen LogP contribution in [0.15, 0.2) is 0 Å². The van der Waals surface area contributed by atoms with Gasteiger partial charge < -0.3 is 9.47 Å². The maximum atomic E-state index is 12.4. The SMILES string of the molecule is CCCCCCCCCCC(C)COC(=O)CC(C(=O)OCC(C)CCCCCCCCCC)S(=O)(=O)O. The van der Waals surface area contributed by atoms with E-state index in [9.17, 15) is 22.6 Å². The normalized spacial score (nSPS) is 14.1. The van der Waals surface area contributed by atoms with Gasteiger partial charge in [0.05, 0.1) is 19.6 Å². The molecular weight excluding hydrogens is 504 g/mol. The van der Waals surface area contributed by atoms with Crippen molar-refractivity contribution in [2.75, 3.05) is 13.2 Å². The van der Waals surface area contributed by atoms with Crippen molar-refractivity contribution >= 4 is 22.1 Å². The summed E-state index contributed by atoms with van der Waals surface area (Å²) < 4.78 is 43.4. The molecule has 0 rings (SSSR count). The van der Waals surface area contributed by atoms with Crippen molar-refractivity contribution in [2.45, 2.75) is 155 Å². The molecule has 0 spiro atoms. The lowest BCUT2D eigenvalue weighted by Crippen LogP contribution is -2.35. The molecular formula is C30H58O7S. The second-order valence-electron chi connectivity index (χ2n) is 11.3. The molecule has 0 bridgehead atoms. The van der Waals surface area contributed by atoms with Crippen LogP contribution in [0.5, 0.6) is 0 Å². The van der Waals surface area contributed by atoms with Crippen LogP contribution >= 0.6 is 0 Å². The third kappa shape index (κ3) is 21.7. The minimum absolute atomic E-state index is 0.0615. The summed E-state index contributed by atoms with van der Waals surface area (Å²) in [5.74, 6) is -1.70. The third-order valence-corrected chi connectivity index (χ3v) is 8.19. The van der Waals surface area contributed by atoms with Crippen molar-refractivity contribution < 1.29 is 32.0 Å². The monoisotopic (exact) mass is 562 g/mol. The second-order valence-corrected chi connectivity index (χ2v) is 12.9. The molecule has 0 aromatic heterocycles. The van der Waals surface area contributed by atoms with Gasteiger partial charge in [-0.25, -0.2) is 0 Å². The van der Waals surface area contributed by atoms with Crippen LogP contribution in [0.2, 0.25) is 0 Å². The zero-order valence-corrected chi connectivity index (χ0v) is 25.7. The van der Waals surface area contributed by atoms with Gasteiger partial charge in [-0.05, 0) is 24.7 Å². The van der Waals surface area contributed by atoms with Crippen LogP contribution in [-0.2, 0) is 29.2 Å². The summed E-state index contributed by atoms with van der Waals surface area (Å²) in [6.45, 7) is 8.57. The molecule has 0 aliphatic rings. The van der Waals surface area contributed by atoms with Crippen LogP contribution in [0.1, 0.15) is 150 Å². The predicted octanol–water partition coefficient (Wildman–Crippen LogP) is 8.05. The van der Waals surface area contributed by atoms with Crippen molar-refractivity contribution in [2.24, 2.45) is 11.8 Å². The minimum atomic E-state index is -4.78. The summed E-state index contributed by atoms with van der Waals surface area (Å²) in [5, 5.41) is -1.95. The number of rotatable bonds is 26. The van der Waals surface area contributed by atoms with Crippen LogP contribution in [0, 0.1) is 11.8 Å². The Morgan fingerprint density at radius 2 is 1.00 bits per heavy atom. The van der Waals surface area contributed by atoms with Crippen LogP contribution in [0.3, 0.4) is 0 Å². The van der Waals surface area contributed by atoms with E-state index < -0.39 is 33.7 Å². The molecule has 8 heteroatoms. The van der Waals surface area contributed by atoms with E-state index in [1.54, 1.807) is 0 Å². The largest absolute Gasteiger partial charge is 0.465 e. The molecule has 0 radical (unpaired) electrons. The van der Waals surface area contributed by atoms with E-state index in [-0.39, 0.29) is 25.0 Å². The number of carbonyl (C=O) groups excluding carboxylic acids is 2. The lowest BCUT2D eigenvalue weighted by atomic mass is 10.0. The Labute approximate surface area is 234 Å². The van der Waals surface area contributed by atoms with E-state index in [0.717, 1.165) is 38.5 Å². The predicted molar refractivity (Wildman–Crippen MR) is 155 cm³/mol. The fraction of sp³-hybridized carbons (Fsp3) is 0.933. The summed E-state index contributed by atoms with van der Waals surface area (Å²) in [5.41, 5.74) is 0. The Morgan fingerprint density at radius 1 is 0.632 bits per heavy atom. The van der Waals surface area contributed by atoms with E-state index in [2.05, 4.69) is 13.8 Å². The Kier molecular flexibility index (Phi) is 23.0. The maximum Gasteiger partial charge on any atom is 0.327 e. The molecule has 0 heterocycles. The van der Waals surface area contributed by atoms with Gasteiger partial charge in [-0.2, -0.15) is 8.42 Å². The van der Waals surface area contributed by atoms with Gasteiger partial charge in [0.25, 0.3) is 10.1 Å². The number of esters is 2. The number of ether oxygens (including phenoxy) is 2. The topological polar surface area (TPSA) is 107 Å². The standard InChI is InChI=1S/C30H58O7S/c1-5-7-9-11-13-15-17-19-21-26(3)24-36-29(31)23-28(38(33,34)35)30(32)37-25-27(4)22-20-18-16-14-12-10-8-6-2/h26-28H,5-25H2,1-4H3,(H,33,34,35). The summed E-state index contributed by atoms with van der Waals surface area (Å²) >= 11 is 0. The van der Waals surface area contributed by atoms with Gasteiger partial charge >= 0.3 is 11.9 Å². The highest BCUT2D eigenvalue weighted by Crippen LogP contribution is 2.17. The summed E-state index contributed by atoms with van der Waals surface area (Å²) in [4.78, 5) is 24.6. The van der Waals surface area contributed by atoms with Crippen LogP contribution < -0.4 is 0 Å². The number of hydrogen-bond donors (Lipinski definition) is 1. The first-order valence-electron chi connectivity index (χ1n) is 15.4. The molecule has 7 nitrogen and oxygen atoms in total. The molecule has 0 aliphatic carbocycles. The summed E-state index contributed by atoms with van der Waals surface area (Å²) in [7, 11) is -4.78. The first-order chi connectivity index (χ1) is 18.1. The molecule has 0 amide bonds. The lowest BCUT2D eigenvalue weighted by molar-refractivity contribution is -0.151. The van der Waals surface area contributed by atoms with Crippen molar-refractivity contribution in [1.29, 1.82) is 0 Å². The molecule has 0 aliphatic heterocycles. The fourth-order valence-electron chi connectivity index (χ4n) is 4.49. The van der Waals surface area contributed by atoms with Gasteiger partial charge in [-0.15, -0.1) is 0 Å². The smallest absolute Gasteiger partial charge is 0.327 e. The number of carbonyl (C=O) groups is 2. The molecule has 38 heavy (non-hydrogen) atoms. The van der Waals surface area contributed by atoms with E-state index >= 15 is 0 Å². The van der Waals surface area contributed by atoms with Gasteiger partial charge in [0.15, 0.2) is 5.25 Å². The molecule has 226 valence electrons. The van der Waals surface area contributed by atoms with Gasteiger partial charge in [0.1, 0.15) is 0 Å². The van der Waals surface area contributed by atoms with Crippen molar-refractivity contribution in [3.8, 4) is 0 Å². The average Bonchev–Trinajstić information content (AvgIpc) is 2.87. The molecule has 0 saturated heterocycles. The molecule has 3 atom stereocenters. The van der Waals surface area contributed by atoms with Gasteiger partial charge in [-0.1, -0.05) is 130 Å². The number of hydrogen-bond acceptors (Lipinski definition) is 6. The van der Waals surface area contributed by atoms with Crippen LogP contribution in [-0.4, -0.2) is 43.4 Å². The minimum Gasteiger partial charge on any atom is -0.465 e. The zero-order valence-electron chi connectivity index (χ0n) is 24.9. The third-order valence-electron chi connectivity index (χ3n) is 7.11. The first-order valence-corrected chi connectivity index (χ1v) is 16.9. The highest BCUT2D eigenvalue weighted by atomic mass is 32.2. The Hall–Kier alpha value is -1.15. The summed E-state index contributed by atoms with van der Waals surface area (Å²) in [6, 6.07) is 0. The Morgan fingerprint density at radius 3 is 1.39 bits per heavy atom. The highest BCUT2D eigenvalue weighted by Gasteiger charge is 2.36. The molecule has 0 aromatic carbocycles. The molecule has 1 N–H and O–H groups in total. The van der Waals surface area contributed by atoms with Gasteiger partial charge in [-0.3, -0.25) is 14.1 Å². The van der Waals surface area contributed by atoms with Crippen LogP contribution in [0.4, 0.5) is 0 Å². The van der Waals surface area contributed by atoms with Gasteiger partial charge in [0, 0.05) is 0 Å². The van der Waals surface area contributed by atoms with E-state index in [0.29, 0.717) is 0 Å². The van der Waals surface area contributed by atoms with Crippen molar-refractivity contribution in [1.82, 2.24) is 0 Å². The number of unbranched alkanes of at least 4 members (excludes halogenated alkanes) is 14. The fourth-order valence-corrected chi connectivity index (χ4v) is 5.15. The van der Waals surface area contributed by atoms with Gasteiger partial charge in [0.2, 0.25) is 0 Å². The molecule has 0 fully saturated rings. The Bertz CT molecular complexity index is 693. The second kappa shape index (κ2) is 23.7. The highest BCUT2D eigenvalue weighted by molar-refractivity contribution is 7.87. The Balaban J connectivity index is 4.20. The quantitative estimate of drug-likeness (QED) is 0.0645. The molecule has 3 unspecified atom stereocenters. The van der Waals surface area contributed by atoms with E-state index in [1.807, 2.05) is 13.8 Å². The van der Waals surface area contributed by atoms with Crippen molar-refractivity contribution in [3.05, 3.63) is 0 Å². The summed E-state index contributed by atoms with van der Waals surface area (Å²) in [6.07, 6.45) is 20.6. The zero-order chi connectivity index (χ0) is 28.7. The van der Waals surface area contributed by atoms with Crippen molar-refractivity contribution in [3.63, 3.8) is 0 Å². The maximum absolute atomic E-state index is 12.4. The first kappa shape index (κ1) is 36.8. The van der Waals surface area contributed by atoms with E-state index in [1.165, 1.54) is 77.0 Å². The van der Waals surface area contributed by atoms with E-state index in [4.69, 9.17) is 9.47 Å². The average molecular weight is 563 g/mol. The van der Waals surface area contributed by atoms with Crippen LogP contribution in [0.25, 0.3) is 0 Å². The lowest BCUT2D eigenvalue weighted by Gasteiger charge is -2.17. The molecule has 0 saturated carbocycles. The molecule has 0 aromatic rings.